The molecular weight excluding hydrogens is 384 g/mol. The van der Waals surface area contributed by atoms with Gasteiger partial charge in [0.25, 0.3) is 5.91 Å². The number of para-hydroxylation sites is 2. The van der Waals surface area contributed by atoms with Gasteiger partial charge in [-0.2, -0.15) is 0 Å². The molecule has 2 N–H and O–H groups in total. The summed E-state index contributed by atoms with van der Waals surface area (Å²) in [5, 5.41) is 2.66. The van der Waals surface area contributed by atoms with E-state index in [-0.39, 0.29) is 11.3 Å². The minimum Gasteiger partial charge on any atom is -0.496 e. The molecule has 1 amide bonds. The van der Waals surface area contributed by atoms with Gasteiger partial charge in [0.15, 0.2) is 6.61 Å². The van der Waals surface area contributed by atoms with E-state index in [1.807, 2.05) is 24.3 Å². The molecule has 150 valence electrons. The summed E-state index contributed by atoms with van der Waals surface area (Å²) in [5.41, 5.74) is 1.06. The lowest BCUT2D eigenvalue weighted by atomic mass is 10.1. The number of anilines is 1. The van der Waals surface area contributed by atoms with E-state index in [0.29, 0.717) is 13.0 Å². The van der Waals surface area contributed by atoms with Gasteiger partial charge in [-0.05, 0) is 30.2 Å². The summed E-state index contributed by atoms with van der Waals surface area (Å²) in [6, 6.07) is 13.5. The van der Waals surface area contributed by atoms with E-state index in [0.717, 1.165) is 17.6 Å². The number of carbonyl (C=O) groups excluding carboxylic acids is 2. The van der Waals surface area contributed by atoms with Crippen LogP contribution in [-0.4, -0.2) is 46.8 Å². The maximum Gasteiger partial charge on any atom is 0.340 e. The van der Waals surface area contributed by atoms with Crippen LogP contribution in [0.15, 0.2) is 48.5 Å². The third kappa shape index (κ3) is 6.58. The van der Waals surface area contributed by atoms with Crippen LogP contribution in [0.5, 0.6) is 5.75 Å². The average molecular weight is 406 g/mol. The third-order valence-corrected chi connectivity index (χ3v) is 4.28. The first kappa shape index (κ1) is 21.2. The van der Waals surface area contributed by atoms with Crippen LogP contribution in [0.2, 0.25) is 0 Å². The first-order valence-electron chi connectivity index (χ1n) is 8.42. The average Bonchev–Trinajstić information content (AvgIpc) is 2.65. The molecule has 2 aromatic rings. The Bertz CT molecular complexity index is 943. The second-order valence-corrected chi connectivity index (χ2v) is 7.66. The maximum absolute atomic E-state index is 12.2. The number of sulfonamides is 1. The number of benzene rings is 2. The van der Waals surface area contributed by atoms with Crippen molar-refractivity contribution in [3.8, 4) is 5.75 Å². The predicted octanol–water partition coefficient (Wildman–Crippen LogP) is 1.58. The van der Waals surface area contributed by atoms with Crippen molar-refractivity contribution in [2.24, 2.45) is 0 Å². The predicted molar refractivity (Wildman–Crippen MR) is 105 cm³/mol. The van der Waals surface area contributed by atoms with E-state index in [4.69, 9.17) is 9.47 Å². The van der Waals surface area contributed by atoms with Gasteiger partial charge in [0.05, 0.1) is 24.6 Å². The molecule has 0 aliphatic carbocycles. The second kappa shape index (κ2) is 9.75. The molecule has 0 saturated carbocycles. The molecule has 2 rings (SSSR count). The van der Waals surface area contributed by atoms with Gasteiger partial charge in [0.1, 0.15) is 5.75 Å². The van der Waals surface area contributed by atoms with E-state index in [1.165, 1.54) is 12.1 Å². The Morgan fingerprint density at radius 2 is 1.71 bits per heavy atom. The van der Waals surface area contributed by atoms with Gasteiger partial charge in [-0.3, -0.25) is 9.52 Å². The van der Waals surface area contributed by atoms with Crippen molar-refractivity contribution in [1.82, 2.24) is 5.32 Å². The standard InChI is InChI=1S/C19H22N2O6S/c1-26-17-10-6-3-7-14(17)11-12-20-18(22)13-27-19(23)15-8-4-5-9-16(15)21-28(2,24)25/h3-10,21H,11-13H2,1-2H3,(H,20,22). The number of nitrogens with one attached hydrogen (secondary N) is 2. The highest BCUT2D eigenvalue weighted by Gasteiger charge is 2.16. The number of ether oxygens (including phenoxy) is 2. The molecule has 0 aromatic heterocycles. The van der Waals surface area contributed by atoms with Crippen molar-refractivity contribution in [2.45, 2.75) is 6.42 Å². The molecule has 28 heavy (non-hydrogen) atoms. The van der Waals surface area contributed by atoms with Crippen molar-refractivity contribution in [2.75, 3.05) is 31.2 Å². The Kier molecular flexibility index (Phi) is 7.39. The van der Waals surface area contributed by atoms with Crippen LogP contribution >= 0.6 is 0 Å². The fourth-order valence-corrected chi connectivity index (χ4v) is 3.03. The Hall–Kier alpha value is -3.07. The zero-order chi connectivity index (χ0) is 20.6. The Morgan fingerprint density at radius 3 is 2.43 bits per heavy atom. The van der Waals surface area contributed by atoms with Crippen molar-refractivity contribution in [1.29, 1.82) is 0 Å². The van der Waals surface area contributed by atoms with E-state index in [1.54, 1.807) is 19.2 Å². The normalized spacial score (nSPS) is 10.8. The molecule has 0 aliphatic heterocycles. The SMILES string of the molecule is COc1ccccc1CCNC(=O)COC(=O)c1ccccc1NS(C)(=O)=O. The molecule has 0 fully saturated rings. The van der Waals surface area contributed by atoms with E-state index < -0.39 is 28.5 Å². The monoisotopic (exact) mass is 406 g/mol. The number of hydrogen-bond acceptors (Lipinski definition) is 6. The lowest BCUT2D eigenvalue weighted by Gasteiger charge is -2.11. The zero-order valence-corrected chi connectivity index (χ0v) is 16.4. The van der Waals surface area contributed by atoms with Gasteiger partial charge >= 0.3 is 5.97 Å². The van der Waals surface area contributed by atoms with Crippen LogP contribution in [0.3, 0.4) is 0 Å². The lowest BCUT2D eigenvalue weighted by molar-refractivity contribution is -0.124. The van der Waals surface area contributed by atoms with Crippen LogP contribution < -0.4 is 14.8 Å². The smallest absolute Gasteiger partial charge is 0.340 e. The van der Waals surface area contributed by atoms with Crippen LogP contribution in [0.25, 0.3) is 0 Å². The van der Waals surface area contributed by atoms with E-state index in [2.05, 4.69) is 10.0 Å². The highest BCUT2D eigenvalue weighted by atomic mass is 32.2. The molecule has 0 spiro atoms. The number of hydrogen-bond donors (Lipinski definition) is 2. The van der Waals surface area contributed by atoms with Crippen molar-refractivity contribution < 1.29 is 27.5 Å². The van der Waals surface area contributed by atoms with Gasteiger partial charge in [-0.1, -0.05) is 30.3 Å². The van der Waals surface area contributed by atoms with Gasteiger partial charge in [-0.15, -0.1) is 0 Å². The minimum absolute atomic E-state index is 0.0229. The van der Waals surface area contributed by atoms with Crippen LogP contribution in [0.1, 0.15) is 15.9 Å². The number of amides is 1. The molecule has 0 atom stereocenters. The molecule has 0 unspecified atom stereocenters. The first-order valence-corrected chi connectivity index (χ1v) is 10.3. The maximum atomic E-state index is 12.2. The molecule has 2 aromatic carbocycles. The van der Waals surface area contributed by atoms with Crippen LogP contribution in [0, 0.1) is 0 Å². The minimum atomic E-state index is -3.56. The zero-order valence-electron chi connectivity index (χ0n) is 15.6. The molecule has 9 heteroatoms. The quantitative estimate of drug-likeness (QED) is 0.612. The molecule has 0 radical (unpaired) electrons. The molecular formula is C19H22N2O6S. The van der Waals surface area contributed by atoms with Crippen molar-refractivity contribution >= 4 is 27.6 Å². The fraction of sp³-hybridized carbons (Fsp3) is 0.263. The van der Waals surface area contributed by atoms with Gasteiger partial charge in [-0.25, -0.2) is 13.2 Å². The summed E-state index contributed by atoms with van der Waals surface area (Å²) < 4.78 is 35.2. The van der Waals surface area contributed by atoms with E-state index >= 15 is 0 Å². The number of carbonyl (C=O) groups is 2. The largest absolute Gasteiger partial charge is 0.496 e. The van der Waals surface area contributed by atoms with Crippen LogP contribution in [-0.2, 0) is 26.0 Å². The summed E-state index contributed by atoms with van der Waals surface area (Å²) in [5.74, 6) is -0.526. The van der Waals surface area contributed by atoms with Gasteiger partial charge < -0.3 is 14.8 Å². The fourth-order valence-electron chi connectivity index (χ4n) is 2.46. The van der Waals surface area contributed by atoms with Crippen molar-refractivity contribution in [3.63, 3.8) is 0 Å². The highest BCUT2D eigenvalue weighted by Crippen LogP contribution is 2.18. The Balaban J connectivity index is 1.85. The van der Waals surface area contributed by atoms with Crippen LogP contribution in [0.4, 0.5) is 5.69 Å². The summed E-state index contributed by atoms with van der Waals surface area (Å²) in [6.07, 6.45) is 1.54. The molecule has 0 aliphatic rings. The summed E-state index contributed by atoms with van der Waals surface area (Å²) in [7, 11) is -1.98. The molecule has 8 nitrogen and oxygen atoms in total. The molecule has 0 heterocycles. The first-order chi connectivity index (χ1) is 13.3. The summed E-state index contributed by atoms with van der Waals surface area (Å²) in [6.45, 7) is -0.124. The number of rotatable bonds is 9. The second-order valence-electron chi connectivity index (χ2n) is 5.91. The summed E-state index contributed by atoms with van der Waals surface area (Å²) in [4.78, 5) is 24.1. The topological polar surface area (TPSA) is 111 Å². The Morgan fingerprint density at radius 1 is 1.04 bits per heavy atom. The van der Waals surface area contributed by atoms with Gasteiger partial charge in [0.2, 0.25) is 10.0 Å². The van der Waals surface area contributed by atoms with E-state index in [9.17, 15) is 18.0 Å². The van der Waals surface area contributed by atoms with Gasteiger partial charge in [0, 0.05) is 6.54 Å². The third-order valence-electron chi connectivity index (χ3n) is 3.69. The summed E-state index contributed by atoms with van der Waals surface area (Å²) >= 11 is 0. The molecule has 0 bridgehead atoms. The Labute approximate surface area is 163 Å². The molecule has 0 saturated heterocycles. The number of esters is 1. The highest BCUT2D eigenvalue weighted by molar-refractivity contribution is 7.92. The number of methoxy groups -OCH3 is 1. The van der Waals surface area contributed by atoms with Crippen molar-refractivity contribution in [3.05, 3.63) is 59.7 Å². The lowest BCUT2D eigenvalue weighted by Crippen LogP contribution is -2.30.